The molecule has 0 unspecified atom stereocenters. The second-order valence-corrected chi connectivity index (χ2v) is 6.47. The van der Waals surface area contributed by atoms with Crippen molar-refractivity contribution in [2.45, 2.75) is 12.8 Å². The highest BCUT2D eigenvalue weighted by Crippen LogP contribution is 2.20. The number of nitrogens with zero attached hydrogens (tertiary/aromatic N) is 1. The highest BCUT2D eigenvalue weighted by molar-refractivity contribution is 6.30. The van der Waals surface area contributed by atoms with Crippen molar-refractivity contribution in [1.82, 2.24) is 0 Å². The summed E-state index contributed by atoms with van der Waals surface area (Å²) in [5.41, 5.74) is 2.46. The van der Waals surface area contributed by atoms with Crippen LogP contribution in [0.4, 0.5) is 10.1 Å². The van der Waals surface area contributed by atoms with Gasteiger partial charge in [0, 0.05) is 22.8 Å². The molecule has 0 spiro atoms. The topological polar surface area (TPSA) is 20.3 Å². The quantitative estimate of drug-likeness (QED) is 0.542. The lowest BCUT2D eigenvalue weighted by molar-refractivity contribution is 0.0986. The van der Waals surface area contributed by atoms with Crippen molar-refractivity contribution in [1.29, 1.82) is 0 Å². The molecule has 0 saturated carbocycles. The Morgan fingerprint density at radius 1 is 0.885 bits per heavy atom. The molecule has 0 bridgehead atoms. The number of carbonyl (C=O) groups excluding carboxylic acids is 1. The first kappa shape index (κ1) is 18.2. The van der Waals surface area contributed by atoms with Crippen LogP contribution in [0.25, 0.3) is 0 Å². The normalized spacial score (nSPS) is 10.5. The van der Waals surface area contributed by atoms with E-state index in [-0.39, 0.29) is 11.7 Å². The van der Waals surface area contributed by atoms with Crippen molar-refractivity contribution in [2.24, 2.45) is 0 Å². The fraction of sp³-hybridized carbons (Fsp3) is 0.136. The molecule has 4 heteroatoms. The number of amides is 1. The van der Waals surface area contributed by atoms with Gasteiger partial charge in [-0.25, -0.2) is 4.39 Å². The van der Waals surface area contributed by atoms with E-state index in [1.165, 1.54) is 17.7 Å². The van der Waals surface area contributed by atoms with Gasteiger partial charge in [0.25, 0.3) is 5.91 Å². The van der Waals surface area contributed by atoms with Crippen molar-refractivity contribution in [3.05, 3.63) is 101 Å². The van der Waals surface area contributed by atoms with Gasteiger partial charge in [0.15, 0.2) is 0 Å². The number of hydrogen-bond donors (Lipinski definition) is 0. The van der Waals surface area contributed by atoms with Crippen LogP contribution in [-0.2, 0) is 6.42 Å². The predicted octanol–water partition coefficient (Wildman–Crippen LogP) is 5.76. The summed E-state index contributed by atoms with van der Waals surface area (Å²) < 4.78 is 13.3. The Labute approximate surface area is 157 Å². The third-order valence-corrected chi connectivity index (χ3v) is 4.42. The highest BCUT2D eigenvalue weighted by Gasteiger charge is 2.17. The molecule has 3 aromatic rings. The van der Waals surface area contributed by atoms with Crippen LogP contribution < -0.4 is 4.90 Å². The van der Waals surface area contributed by atoms with Gasteiger partial charge < -0.3 is 4.90 Å². The number of aryl methyl sites for hydroxylation is 1. The molecule has 0 aliphatic rings. The first-order chi connectivity index (χ1) is 12.6. The van der Waals surface area contributed by atoms with Crippen molar-refractivity contribution < 1.29 is 9.18 Å². The summed E-state index contributed by atoms with van der Waals surface area (Å²) >= 11 is 5.92. The van der Waals surface area contributed by atoms with Crippen molar-refractivity contribution in [3.8, 4) is 0 Å². The van der Waals surface area contributed by atoms with E-state index in [1.54, 1.807) is 41.3 Å². The lowest BCUT2D eigenvalue weighted by Crippen LogP contribution is -2.32. The summed E-state index contributed by atoms with van der Waals surface area (Å²) in [4.78, 5) is 14.7. The maximum atomic E-state index is 13.3. The molecule has 0 aliphatic carbocycles. The van der Waals surface area contributed by atoms with E-state index in [2.05, 4.69) is 12.1 Å². The third kappa shape index (κ3) is 4.70. The number of hydrogen-bond acceptors (Lipinski definition) is 1. The Kier molecular flexibility index (Phi) is 6.03. The minimum absolute atomic E-state index is 0.124. The first-order valence-corrected chi connectivity index (χ1v) is 8.88. The van der Waals surface area contributed by atoms with E-state index < -0.39 is 0 Å². The molecule has 0 N–H and O–H groups in total. The van der Waals surface area contributed by atoms with E-state index in [0.717, 1.165) is 12.8 Å². The van der Waals surface area contributed by atoms with Gasteiger partial charge in [-0.1, -0.05) is 41.9 Å². The lowest BCUT2D eigenvalue weighted by atomic mass is 10.1. The molecule has 0 fully saturated rings. The van der Waals surface area contributed by atoms with E-state index >= 15 is 0 Å². The fourth-order valence-electron chi connectivity index (χ4n) is 2.80. The minimum atomic E-state index is -0.322. The van der Waals surface area contributed by atoms with Gasteiger partial charge in [0.2, 0.25) is 0 Å². The Hall–Kier alpha value is -2.65. The predicted molar refractivity (Wildman–Crippen MR) is 104 cm³/mol. The number of halogens is 2. The lowest BCUT2D eigenvalue weighted by Gasteiger charge is -2.23. The Morgan fingerprint density at radius 2 is 1.54 bits per heavy atom. The van der Waals surface area contributed by atoms with Crippen LogP contribution in [0, 0.1) is 5.82 Å². The molecule has 3 aromatic carbocycles. The van der Waals surface area contributed by atoms with E-state index in [9.17, 15) is 9.18 Å². The molecule has 3 rings (SSSR count). The number of benzene rings is 3. The van der Waals surface area contributed by atoms with E-state index in [0.29, 0.717) is 22.8 Å². The minimum Gasteiger partial charge on any atom is -0.308 e. The van der Waals surface area contributed by atoms with Gasteiger partial charge in [0.05, 0.1) is 0 Å². The van der Waals surface area contributed by atoms with Gasteiger partial charge >= 0.3 is 0 Å². The zero-order valence-corrected chi connectivity index (χ0v) is 15.0. The molecule has 0 saturated heterocycles. The van der Waals surface area contributed by atoms with Crippen LogP contribution in [0.5, 0.6) is 0 Å². The Balaban J connectivity index is 1.78. The number of rotatable bonds is 6. The average molecular weight is 368 g/mol. The smallest absolute Gasteiger partial charge is 0.258 e. The van der Waals surface area contributed by atoms with Crippen LogP contribution in [0.2, 0.25) is 5.02 Å². The molecule has 1 amide bonds. The molecular weight excluding hydrogens is 349 g/mol. The zero-order chi connectivity index (χ0) is 18.4. The molecule has 0 radical (unpaired) electrons. The molecule has 0 aromatic heterocycles. The van der Waals surface area contributed by atoms with Crippen LogP contribution in [0.15, 0.2) is 78.9 Å². The van der Waals surface area contributed by atoms with Gasteiger partial charge in [0.1, 0.15) is 5.82 Å². The van der Waals surface area contributed by atoms with Crippen molar-refractivity contribution in [2.75, 3.05) is 11.4 Å². The number of anilines is 1. The first-order valence-electron chi connectivity index (χ1n) is 8.50. The molecule has 0 aliphatic heterocycles. The maximum Gasteiger partial charge on any atom is 0.258 e. The molecule has 132 valence electrons. The van der Waals surface area contributed by atoms with Crippen molar-refractivity contribution >= 4 is 23.2 Å². The van der Waals surface area contributed by atoms with E-state index in [4.69, 9.17) is 11.6 Å². The molecule has 2 nitrogen and oxygen atoms in total. The summed E-state index contributed by atoms with van der Waals surface area (Å²) in [6.45, 7) is 0.544. The summed E-state index contributed by atoms with van der Waals surface area (Å²) in [5, 5.41) is 0.582. The largest absolute Gasteiger partial charge is 0.308 e. The van der Waals surface area contributed by atoms with Crippen LogP contribution in [0.3, 0.4) is 0 Å². The molecule has 26 heavy (non-hydrogen) atoms. The van der Waals surface area contributed by atoms with Gasteiger partial charge in [-0.15, -0.1) is 0 Å². The monoisotopic (exact) mass is 367 g/mol. The second-order valence-electron chi connectivity index (χ2n) is 6.03. The maximum absolute atomic E-state index is 13.3. The zero-order valence-electron chi connectivity index (χ0n) is 14.2. The van der Waals surface area contributed by atoms with Crippen LogP contribution >= 0.6 is 11.6 Å². The van der Waals surface area contributed by atoms with Crippen molar-refractivity contribution in [3.63, 3.8) is 0 Å². The molecule has 0 heterocycles. The SMILES string of the molecule is O=C(c1ccc(Cl)cc1)N(CCCc1ccccc1)c1ccc(F)cc1. The van der Waals surface area contributed by atoms with E-state index in [1.807, 2.05) is 18.2 Å². The summed E-state index contributed by atoms with van der Waals surface area (Å²) in [6, 6.07) is 22.9. The fourth-order valence-corrected chi connectivity index (χ4v) is 2.93. The second kappa shape index (κ2) is 8.63. The van der Waals surface area contributed by atoms with Gasteiger partial charge in [-0.3, -0.25) is 4.79 Å². The standard InChI is InChI=1S/C22H19ClFNO/c23-19-10-8-18(9-11-19)22(26)25(21-14-12-20(24)13-15-21)16-4-7-17-5-2-1-3-6-17/h1-3,5-6,8-15H,4,7,16H2. The van der Waals surface area contributed by atoms with Crippen LogP contribution in [-0.4, -0.2) is 12.5 Å². The number of carbonyl (C=O) groups is 1. The van der Waals surface area contributed by atoms with Gasteiger partial charge in [-0.05, 0) is 66.9 Å². The molecule has 0 atom stereocenters. The van der Waals surface area contributed by atoms with Crippen LogP contribution in [0.1, 0.15) is 22.3 Å². The molecular formula is C22H19ClFNO. The summed E-state index contributed by atoms with van der Waals surface area (Å²) in [7, 11) is 0. The Morgan fingerprint density at radius 3 is 2.19 bits per heavy atom. The summed E-state index contributed by atoms with van der Waals surface area (Å²) in [6.07, 6.45) is 1.67. The average Bonchev–Trinajstić information content (AvgIpc) is 2.67. The highest BCUT2D eigenvalue weighted by atomic mass is 35.5. The summed E-state index contributed by atoms with van der Waals surface area (Å²) in [5.74, 6) is -0.446. The third-order valence-electron chi connectivity index (χ3n) is 4.16. The Bertz CT molecular complexity index is 848. The van der Waals surface area contributed by atoms with Gasteiger partial charge in [-0.2, -0.15) is 0 Å².